The highest BCUT2D eigenvalue weighted by molar-refractivity contribution is 5.88. The summed E-state index contributed by atoms with van der Waals surface area (Å²) in [6.07, 6.45) is 1.80. The number of aryl methyl sites for hydroxylation is 1. The Hall–Kier alpha value is -3.26. The summed E-state index contributed by atoms with van der Waals surface area (Å²) in [5, 5.41) is 7.62. The molecule has 3 aromatic rings. The van der Waals surface area contributed by atoms with Gasteiger partial charge in [0.15, 0.2) is 5.96 Å². The van der Waals surface area contributed by atoms with Crippen molar-refractivity contribution in [2.75, 3.05) is 34.9 Å². The van der Waals surface area contributed by atoms with E-state index in [1.165, 1.54) is 6.07 Å². The summed E-state index contributed by atoms with van der Waals surface area (Å²) >= 11 is 0. The zero-order valence-corrected chi connectivity index (χ0v) is 19.0. The second-order valence-corrected chi connectivity index (χ2v) is 7.40. The Morgan fingerprint density at radius 2 is 1.91 bits per heavy atom. The number of hydrogen-bond donors (Lipinski definition) is 3. The SMILES string of the molecule is CN=C(NCCCc1cc2c(OC)cc(OC)cc2[nH]1)NCc1ccc(F)c(COC)c1. The molecule has 0 fully saturated rings. The van der Waals surface area contributed by atoms with E-state index in [-0.39, 0.29) is 12.4 Å². The van der Waals surface area contributed by atoms with Gasteiger partial charge in [-0.15, -0.1) is 0 Å². The van der Waals surface area contributed by atoms with Crippen LogP contribution in [0.2, 0.25) is 0 Å². The lowest BCUT2D eigenvalue weighted by Crippen LogP contribution is -2.37. The first-order valence-corrected chi connectivity index (χ1v) is 10.5. The molecule has 8 heteroatoms. The molecule has 0 spiro atoms. The van der Waals surface area contributed by atoms with E-state index >= 15 is 0 Å². The molecule has 2 aromatic carbocycles. The van der Waals surface area contributed by atoms with Crippen LogP contribution in [0.4, 0.5) is 4.39 Å². The zero-order valence-electron chi connectivity index (χ0n) is 19.0. The van der Waals surface area contributed by atoms with E-state index in [9.17, 15) is 4.39 Å². The first-order chi connectivity index (χ1) is 15.6. The van der Waals surface area contributed by atoms with E-state index in [1.54, 1.807) is 40.5 Å². The predicted molar refractivity (Wildman–Crippen MR) is 125 cm³/mol. The number of aromatic nitrogens is 1. The van der Waals surface area contributed by atoms with Crippen molar-refractivity contribution in [2.45, 2.75) is 26.0 Å². The van der Waals surface area contributed by atoms with Crippen LogP contribution in [0.5, 0.6) is 11.5 Å². The van der Waals surface area contributed by atoms with Gasteiger partial charge in [-0.1, -0.05) is 6.07 Å². The highest BCUT2D eigenvalue weighted by Gasteiger charge is 2.09. The van der Waals surface area contributed by atoms with Crippen LogP contribution in [-0.2, 0) is 24.3 Å². The van der Waals surface area contributed by atoms with E-state index in [1.807, 2.05) is 12.1 Å². The van der Waals surface area contributed by atoms with Crippen LogP contribution in [0.15, 0.2) is 41.4 Å². The summed E-state index contributed by atoms with van der Waals surface area (Å²) in [7, 11) is 6.59. The predicted octanol–water partition coefficient (Wildman–Crippen LogP) is 3.77. The molecule has 0 atom stereocenters. The van der Waals surface area contributed by atoms with Crippen LogP contribution in [0.25, 0.3) is 10.9 Å². The number of fused-ring (bicyclic) bond motifs is 1. The first kappa shape index (κ1) is 23.4. The number of aromatic amines is 1. The van der Waals surface area contributed by atoms with Crippen LogP contribution in [-0.4, -0.2) is 45.9 Å². The lowest BCUT2D eigenvalue weighted by atomic mass is 10.1. The molecule has 1 aromatic heterocycles. The number of halogens is 1. The third kappa shape index (κ3) is 5.91. The Balaban J connectivity index is 1.50. The minimum atomic E-state index is -0.258. The average Bonchev–Trinajstić information content (AvgIpc) is 3.22. The maximum Gasteiger partial charge on any atom is 0.191 e. The van der Waals surface area contributed by atoms with Crippen molar-refractivity contribution in [1.82, 2.24) is 15.6 Å². The Labute approximate surface area is 188 Å². The van der Waals surface area contributed by atoms with Crippen LogP contribution in [0, 0.1) is 5.82 Å². The summed E-state index contributed by atoms with van der Waals surface area (Å²) in [6, 6.07) is 11.0. The molecule has 0 radical (unpaired) electrons. The van der Waals surface area contributed by atoms with Gasteiger partial charge in [0.1, 0.15) is 17.3 Å². The Bertz CT molecular complexity index is 1060. The standard InChI is InChI=1S/C24H31FN4O3/c1-26-24(28-14-16-7-8-21(25)17(10-16)15-30-2)27-9-5-6-18-11-20-22(29-18)12-19(31-3)13-23(20)32-4/h7-8,10-13,29H,5-6,9,14-15H2,1-4H3,(H2,26,27,28). The summed E-state index contributed by atoms with van der Waals surface area (Å²) in [5.74, 6) is 1.99. The molecule has 0 bridgehead atoms. The monoisotopic (exact) mass is 442 g/mol. The van der Waals surface area contributed by atoms with Crippen molar-refractivity contribution < 1.29 is 18.6 Å². The fraction of sp³-hybridized carbons (Fsp3) is 0.375. The van der Waals surface area contributed by atoms with Gasteiger partial charge in [0.05, 0.1) is 26.3 Å². The second kappa shape index (κ2) is 11.4. The van der Waals surface area contributed by atoms with Gasteiger partial charge < -0.3 is 29.8 Å². The molecule has 172 valence electrons. The van der Waals surface area contributed by atoms with Crippen molar-refractivity contribution in [3.05, 3.63) is 59.0 Å². The molecule has 3 N–H and O–H groups in total. The van der Waals surface area contributed by atoms with Crippen molar-refractivity contribution in [3.8, 4) is 11.5 Å². The van der Waals surface area contributed by atoms with Crippen molar-refractivity contribution in [1.29, 1.82) is 0 Å². The van der Waals surface area contributed by atoms with Gasteiger partial charge in [-0.3, -0.25) is 4.99 Å². The first-order valence-electron chi connectivity index (χ1n) is 10.5. The van der Waals surface area contributed by atoms with Gasteiger partial charge in [0.25, 0.3) is 0 Å². The van der Waals surface area contributed by atoms with Gasteiger partial charge >= 0.3 is 0 Å². The molecular formula is C24H31FN4O3. The number of rotatable bonds is 10. The summed E-state index contributed by atoms with van der Waals surface area (Å²) < 4.78 is 29.6. The maximum atomic E-state index is 13.8. The van der Waals surface area contributed by atoms with E-state index in [2.05, 4.69) is 26.7 Å². The third-order valence-corrected chi connectivity index (χ3v) is 5.19. The van der Waals surface area contributed by atoms with Gasteiger partial charge in [0.2, 0.25) is 0 Å². The number of methoxy groups -OCH3 is 3. The van der Waals surface area contributed by atoms with E-state index in [0.717, 1.165) is 53.0 Å². The van der Waals surface area contributed by atoms with Crippen molar-refractivity contribution in [3.63, 3.8) is 0 Å². The quantitative estimate of drug-likeness (QED) is 0.253. The Morgan fingerprint density at radius 3 is 2.62 bits per heavy atom. The van der Waals surface area contributed by atoms with E-state index < -0.39 is 0 Å². The normalized spacial score (nSPS) is 11.6. The zero-order chi connectivity index (χ0) is 22.9. The smallest absolute Gasteiger partial charge is 0.191 e. The maximum absolute atomic E-state index is 13.8. The molecule has 0 amide bonds. The van der Waals surface area contributed by atoms with E-state index in [0.29, 0.717) is 18.1 Å². The highest BCUT2D eigenvalue weighted by Crippen LogP contribution is 2.31. The molecule has 0 saturated carbocycles. The molecule has 7 nitrogen and oxygen atoms in total. The summed E-state index contributed by atoms with van der Waals surface area (Å²) in [6.45, 7) is 1.55. The largest absolute Gasteiger partial charge is 0.497 e. The molecule has 0 unspecified atom stereocenters. The number of ether oxygens (including phenoxy) is 3. The van der Waals surface area contributed by atoms with Gasteiger partial charge in [-0.2, -0.15) is 0 Å². The van der Waals surface area contributed by atoms with E-state index in [4.69, 9.17) is 14.2 Å². The Morgan fingerprint density at radius 1 is 1.06 bits per heavy atom. The number of aliphatic imine (C=N–C) groups is 1. The van der Waals surface area contributed by atoms with Crippen molar-refractivity contribution >= 4 is 16.9 Å². The molecule has 1 heterocycles. The number of nitrogens with zero attached hydrogens (tertiary/aromatic N) is 1. The molecule has 32 heavy (non-hydrogen) atoms. The molecule has 0 aliphatic carbocycles. The number of nitrogens with one attached hydrogen (secondary N) is 3. The average molecular weight is 443 g/mol. The lowest BCUT2D eigenvalue weighted by Gasteiger charge is -2.12. The molecule has 0 saturated heterocycles. The second-order valence-electron chi connectivity index (χ2n) is 7.40. The number of H-pyrrole nitrogens is 1. The van der Waals surface area contributed by atoms with Crippen LogP contribution < -0.4 is 20.1 Å². The molecular weight excluding hydrogens is 411 g/mol. The minimum Gasteiger partial charge on any atom is -0.497 e. The van der Waals surface area contributed by atoms with Crippen molar-refractivity contribution in [2.24, 2.45) is 4.99 Å². The Kier molecular flexibility index (Phi) is 8.33. The minimum absolute atomic E-state index is 0.249. The summed E-state index contributed by atoms with van der Waals surface area (Å²) in [4.78, 5) is 7.70. The van der Waals surface area contributed by atoms with Gasteiger partial charge in [0, 0.05) is 56.0 Å². The summed E-state index contributed by atoms with van der Waals surface area (Å²) in [5.41, 5.74) is 3.63. The topological polar surface area (TPSA) is 79.9 Å². The van der Waals surface area contributed by atoms with Gasteiger partial charge in [-0.25, -0.2) is 4.39 Å². The highest BCUT2D eigenvalue weighted by atomic mass is 19.1. The lowest BCUT2D eigenvalue weighted by molar-refractivity contribution is 0.181. The molecule has 3 rings (SSSR count). The number of hydrogen-bond acceptors (Lipinski definition) is 4. The van der Waals surface area contributed by atoms with Crippen LogP contribution in [0.3, 0.4) is 0 Å². The van der Waals surface area contributed by atoms with Gasteiger partial charge in [-0.05, 0) is 36.6 Å². The molecule has 0 aliphatic rings. The fourth-order valence-electron chi connectivity index (χ4n) is 3.55. The number of benzene rings is 2. The fourth-order valence-corrected chi connectivity index (χ4v) is 3.55. The molecule has 0 aliphatic heterocycles. The number of guanidine groups is 1. The van der Waals surface area contributed by atoms with Crippen LogP contribution in [0.1, 0.15) is 23.2 Å². The third-order valence-electron chi connectivity index (χ3n) is 5.19. The van der Waals surface area contributed by atoms with Crippen LogP contribution >= 0.6 is 0 Å².